The van der Waals surface area contributed by atoms with Gasteiger partial charge in [0, 0.05) is 11.7 Å². The highest BCUT2D eigenvalue weighted by molar-refractivity contribution is 7.90. The van der Waals surface area contributed by atoms with Crippen LogP contribution < -0.4 is 0 Å². The number of carbonyl (C=O) groups is 2. The zero-order valence-electron chi connectivity index (χ0n) is 16.1. The minimum Gasteiger partial charge on any atom is -0.451 e. The van der Waals surface area contributed by atoms with Gasteiger partial charge in [-0.05, 0) is 81.4 Å². The molecule has 1 aromatic carbocycles. The number of sulfone groups is 1. The first-order valence-electron chi connectivity index (χ1n) is 9.82. The molecule has 4 aliphatic carbocycles. The molecule has 4 fully saturated rings. The Kier molecular flexibility index (Phi) is 4.86. The average Bonchev–Trinajstić information content (AvgIpc) is 2.59. The van der Waals surface area contributed by atoms with Crippen LogP contribution in [0.5, 0.6) is 0 Å². The third-order valence-electron chi connectivity index (χ3n) is 6.78. The van der Waals surface area contributed by atoms with Gasteiger partial charge in [0.25, 0.3) is 0 Å². The number of ketones is 1. The zero-order chi connectivity index (χ0) is 20.3. The molecule has 0 amide bonds. The maximum absolute atomic E-state index is 13.2. The Labute approximate surface area is 170 Å². The van der Waals surface area contributed by atoms with E-state index in [-0.39, 0.29) is 26.7 Å². The van der Waals surface area contributed by atoms with Crippen LogP contribution in [-0.4, -0.2) is 32.5 Å². The summed E-state index contributed by atoms with van der Waals surface area (Å²) in [6.45, 7) is 1.63. The molecule has 1 atom stereocenters. The number of ether oxygens (including phenoxy) is 1. The fourth-order valence-electron chi connectivity index (χ4n) is 6.04. The molecular weight excluding hydrogens is 400 g/mol. The van der Waals surface area contributed by atoms with Crippen LogP contribution in [0.15, 0.2) is 23.1 Å². The highest BCUT2D eigenvalue weighted by Gasteiger charge is 2.55. The standard InChI is InChI=1S/C21H25ClO5S/c1-12(19(23)21-9-13-5-14(10-21)7-15(6-13)11-21)27-20(24)16-3-4-17(22)18(8-16)28(2,25)26/h3-4,8,12-15H,5-7,9-11H2,1-2H3/t12-,13?,14?,15?,21?/m1/s1. The number of Topliss-reactive ketones (excluding diaryl/α,β-unsaturated/α-hetero) is 1. The molecule has 0 N–H and O–H groups in total. The zero-order valence-corrected chi connectivity index (χ0v) is 17.7. The normalized spacial score (nSPS) is 32.2. The van der Waals surface area contributed by atoms with Gasteiger partial charge < -0.3 is 4.74 Å². The van der Waals surface area contributed by atoms with Gasteiger partial charge in [-0.25, -0.2) is 13.2 Å². The summed E-state index contributed by atoms with van der Waals surface area (Å²) in [6, 6.07) is 3.99. The van der Waals surface area contributed by atoms with Crippen molar-refractivity contribution >= 4 is 33.2 Å². The number of rotatable bonds is 5. The maximum Gasteiger partial charge on any atom is 0.338 e. The lowest BCUT2D eigenvalue weighted by molar-refractivity contribution is -0.152. The molecule has 0 unspecified atom stereocenters. The summed E-state index contributed by atoms with van der Waals surface area (Å²) in [5.41, 5.74) is -0.262. The highest BCUT2D eigenvalue weighted by Crippen LogP contribution is 2.60. The second-order valence-electron chi connectivity index (χ2n) is 9.03. The summed E-state index contributed by atoms with van der Waals surface area (Å²) in [7, 11) is -3.57. The van der Waals surface area contributed by atoms with Crippen molar-refractivity contribution in [2.45, 2.75) is 56.4 Å². The molecule has 0 heterocycles. The minimum absolute atomic E-state index is 0.0252. The Balaban J connectivity index is 1.50. The Morgan fingerprint density at radius 3 is 2.14 bits per heavy atom. The molecule has 0 aromatic heterocycles. The molecule has 28 heavy (non-hydrogen) atoms. The van der Waals surface area contributed by atoms with Crippen molar-refractivity contribution in [1.29, 1.82) is 0 Å². The number of benzene rings is 1. The molecule has 152 valence electrons. The lowest BCUT2D eigenvalue weighted by Crippen LogP contribution is -2.52. The van der Waals surface area contributed by atoms with Crippen molar-refractivity contribution < 1.29 is 22.7 Å². The first kappa shape index (κ1) is 19.9. The van der Waals surface area contributed by atoms with Crippen molar-refractivity contribution in [2.24, 2.45) is 23.2 Å². The van der Waals surface area contributed by atoms with E-state index in [0.29, 0.717) is 17.8 Å². The van der Waals surface area contributed by atoms with Gasteiger partial charge in [-0.3, -0.25) is 4.79 Å². The van der Waals surface area contributed by atoms with Crippen LogP contribution in [-0.2, 0) is 19.4 Å². The van der Waals surface area contributed by atoms with E-state index in [2.05, 4.69) is 0 Å². The van der Waals surface area contributed by atoms with Crippen LogP contribution in [0.2, 0.25) is 5.02 Å². The predicted molar refractivity (Wildman–Crippen MR) is 105 cm³/mol. The van der Waals surface area contributed by atoms with E-state index in [0.717, 1.165) is 25.5 Å². The number of halogens is 1. The first-order valence-corrected chi connectivity index (χ1v) is 12.1. The third-order valence-corrected chi connectivity index (χ3v) is 8.36. The smallest absolute Gasteiger partial charge is 0.338 e. The monoisotopic (exact) mass is 424 g/mol. The van der Waals surface area contributed by atoms with Crippen molar-refractivity contribution in [3.05, 3.63) is 28.8 Å². The van der Waals surface area contributed by atoms with Crippen molar-refractivity contribution in [1.82, 2.24) is 0 Å². The second kappa shape index (κ2) is 6.84. The molecule has 4 saturated carbocycles. The Morgan fingerprint density at radius 1 is 1.11 bits per heavy atom. The largest absolute Gasteiger partial charge is 0.451 e. The van der Waals surface area contributed by atoms with Gasteiger partial charge in [-0.15, -0.1) is 0 Å². The van der Waals surface area contributed by atoms with E-state index >= 15 is 0 Å². The van der Waals surface area contributed by atoms with Crippen LogP contribution in [0.25, 0.3) is 0 Å². The van der Waals surface area contributed by atoms with Crippen LogP contribution in [0.3, 0.4) is 0 Å². The molecule has 0 radical (unpaired) electrons. The molecular formula is C21H25ClO5S. The molecule has 7 heteroatoms. The molecule has 0 spiro atoms. The Hall–Kier alpha value is -1.40. The summed E-state index contributed by atoms with van der Waals surface area (Å²) < 4.78 is 29.1. The lowest BCUT2D eigenvalue weighted by atomic mass is 9.48. The third kappa shape index (κ3) is 3.50. The van der Waals surface area contributed by atoms with E-state index in [9.17, 15) is 18.0 Å². The average molecular weight is 425 g/mol. The van der Waals surface area contributed by atoms with Gasteiger partial charge in [-0.2, -0.15) is 0 Å². The van der Waals surface area contributed by atoms with Crippen molar-refractivity contribution in [3.8, 4) is 0 Å². The van der Waals surface area contributed by atoms with Crippen LogP contribution in [0.4, 0.5) is 0 Å². The highest BCUT2D eigenvalue weighted by atomic mass is 35.5. The SMILES string of the molecule is C[C@@H](OC(=O)c1ccc(Cl)c(S(C)(=O)=O)c1)C(=O)C12CC3CC(CC(C3)C1)C2. The van der Waals surface area contributed by atoms with E-state index < -0.39 is 21.9 Å². The fourth-order valence-corrected chi connectivity index (χ4v) is 7.34. The van der Waals surface area contributed by atoms with Gasteiger partial charge in [0.1, 0.15) is 0 Å². The van der Waals surface area contributed by atoms with Crippen molar-refractivity contribution in [3.63, 3.8) is 0 Å². The summed E-state index contributed by atoms with van der Waals surface area (Å²) in [5, 5.41) is 0.0525. The summed E-state index contributed by atoms with van der Waals surface area (Å²) >= 11 is 5.93. The number of esters is 1. The molecule has 5 nitrogen and oxygen atoms in total. The number of hydrogen-bond acceptors (Lipinski definition) is 5. The molecule has 4 aliphatic rings. The fraction of sp³-hybridized carbons (Fsp3) is 0.619. The minimum atomic E-state index is -3.57. The van der Waals surface area contributed by atoms with E-state index in [1.165, 1.54) is 37.5 Å². The summed E-state index contributed by atoms with van der Waals surface area (Å²) in [5.74, 6) is 1.22. The summed E-state index contributed by atoms with van der Waals surface area (Å²) in [4.78, 5) is 25.7. The molecule has 0 aliphatic heterocycles. The van der Waals surface area contributed by atoms with Gasteiger partial charge in [0.2, 0.25) is 0 Å². The first-order chi connectivity index (χ1) is 13.1. The Morgan fingerprint density at radius 2 is 1.64 bits per heavy atom. The molecule has 0 saturated heterocycles. The van der Waals surface area contributed by atoms with Crippen LogP contribution >= 0.6 is 11.6 Å². The number of carbonyl (C=O) groups excluding carboxylic acids is 2. The molecule has 4 bridgehead atoms. The van der Waals surface area contributed by atoms with E-state index in [1.807, 2.05) is 0 Å². The maximum atomic E-state index is 13.2. The second-order valence-corrected chi connectivity index (χ2v) is 11.4. The van der Waals surface area contributed by atoms with Crippen molar-refractivity contribution in [2.75, 3.05) is 6.26 Å². The van der Waals surface area contributed by atoms with Gasteiger partial charge in [0.15, 0.2) is 21.7 Å². The predicted octanol–water partition coefficient (Wildman–Crippen LogP) is 4.07. The molecule has 1 aromatic rings. The lowest BCUT2D eigenvalue weighted by Gasteiger charge is -2.56. The van der Waals surface area contributed by atoms with Crippen LogP contribution in [0.1, 0.15) is 55.8 Å². The van der Waals surface area contributed by atoms with Gasteiger partial charge >= 0.3 is 5.97 Å². The number of hydrogen-bond donors (Lipinski definition) is 0. The van der Waals surface area contributed by atoms with E-state index in [1.54, 1.807) is 6.92 Å². The van der Waals surface area contributed by atoms with Gasteiger partial charge in [-0.1, -0.05) is 11.6 Å². The topological polar surface area (TPSA) is 77.5 Å². The Bertz CT molecular complexity index is 901. The quantitative estimate of drug-likeness (QED) is 0.665. The molecule has 5 rings (SSSR count). The van der Waals surface area contributed by atoms with Crippen LogP contribution in [0, 0.1) is 23.2 Å². The van der Waals surface area contributed by atoms with E-state index in [4.69, 9.17) is 16.3 Å². The van der Waals surface area contributed by atoms with Gasteiger partial charge in [0.05, 0.1) is 15.5 Å². The summed E-state index contributed by atoms with van der Waals surface area (Å²) in [6.07, 6.45) is 6.64.